The molecule has 1 aromatic heterocycles. The molecule has 5 heteroatoms. The van der Waals surface area contributed by atoms with Crippen LogP contribution in [0.1, 0.15) is 142 Å². The maximum Gasteiger partial charge on any atom is 0.224 e. The molecule has 1 aliphatic rings. The van der Waals surface area contributed by atoms with Crippen LogP contribution in [0.5, 0.6) is 0 Å². The topological polar surface area (TPSA) is 31.6 Å². The van der Waals surface area contributed by atoms with Gasteiger partial charge in [0.05, 0.1) is 18.1 Å². The van der Waals surface area contributed by atoms with Crippen LogP contribution in [0.15, 0.2) is 17.1 Å². The van der Waals surface area contributed by atoms with E-state index in [4.69, 9.17) is 14.2 Å². The number of rotatable bonds is 26. The highest BCUT2D eigenvalue weighted by Gasteiger charge is 2.26. The molecule has 0 aromatic carbocycles. The minimum absolute atomic E-state index is 0.128. The van der Waals surface area contributed by atoms with Gasteiger partial charge in [-0.1, -0.05) is 115 Å². The first-order chi connectivity index (χ1) is 18.4. The monoisotopic (exact) mass is 538 g/mol. The summed E-state index contributed by atoms with van der Waals surface area (Å²) >= 11 is 1.77. The number of hydrogen-bond donors (Lipinski definition) is 0. The molecule has 0 bridgehead atoms. The zero-order chi connectivity index (χ0) is 26.1. The number of thiazole rings is 1. The third-order valence-electron chi connectivity index (χ3n) is 7.72. The van der Waals surface area contributed by atoms with Gasteiger partial charge in [-0.15, -0.1) is 0 Å². The highest BCUT2D eigenvalue weighted by atomic mass is 32.1. The molecule has 4 nitrogen and oxygen atoms in total. The first-order valence-corrected chi connectivity index (χ1v) is 17.1. The second-order valence-electron chi connectivity index (χ2n) is 11.2. The maximum atomic E-state index is 6.25. The standard InChI is InChI=1S/C32H60NO3S/c1-2-3-4-5-6-7-8-9-10-11-12-13-17-20-26-35-31-22-21-27-36-32(31)29-34-25-19-16-14-15-18-23-33-24-28-37-30-33/h24,28,30-32H,2-23,25-27,29H2,1H3/q+1/t31-,32-/m0/s1. The Bertz CT molecular complexity index is 583. The van der Waals surface area contributed by atoms with E-state index in [9.17, 15) is 0 Å². The molecular weight excluding hydrogens is 478 g/mol. The maximum absolute atomic E-state index is 6.25. The van der Waals surface area contributed by atoms with Crippen LogP contribution in [0.3, 0.4) is 0 Å². The molecule has 0 amide bonds. The van der Waals surface area contributed by atoms with Gasteiger partial charge in [-0.25, -0.2) is 0 Å². The van der Waals surface area contributed by atoms with Crippen molar-refractivity contribution in [2.24, 2.45) is 0 Å². The van der Waals surface area contributed by atoms with Gasteiger partial charge in [0.15, 0.2) is 6.20 Å². The summed E-state index contributed by atoms with van der Waals surface area (Å²) < 4.78 is 20.5. The van der Waals surface area contributed by atoms with E-state index in [0.29, 0.717) is 6.61 Å². The number of aromatic nitrogens is 1. The molecule has 0 spiro atoms. The summed E-state index contributed by atoms with van der Waals surface area (Å²) in [6.07, 6.45) is 30.6. The lowest BCUT2D eigenvalue weighted by molar-refractivity contribution is -0.692. The van der Waals surface area contributed by atoms with Gasteiger partial charge in [-0.2, -0.15) is 4.57 Å². The summed E-state index contributed by atoms with van der Waals surface area (Å²) in [4.78, 5) is 0. The van der Waals surface area contributed by atoms with Crippen LogP contribution in [0, 0.1) is 0 Å². The number of unbranched alkanes of at least 4 members (excludes halogenated alkanes) is 17. The van der Waals surface area contributed by atoms with E-state index in [0.717, 1.165) is 45.6 Å². The Labute approximate surface area is 233 Å². The van der Waals surface area contributed by atoms with E-state index in [1.54, 1.807) is 11.3 Å². The van der Waals surface area contributed by atoms with E-state index in [1.807, 2.05) is 0 Å². The number of hydrogen-bond acceptors (Lipinski definition) is 4. The van der Waals surface area contributed by atoms with Crippen molar-refractivity contribution in [1.29, 1.82) is 0 Å². The number of ether oxygens (including phenoxy) is 3. The predicted molar refractivity (Wildman–Crippen MR) is 157 cm³/mol. The molecule has 0 radical (unpaired) electrons. The van der Waals surface area contributed by atoms with Gasteiger partial charge < -0.3 is 14.2 Å². The van der Waals surface area contributed by atoms with Gasteiger partial charge in [0.25, 0.3) is 0 Å². The predicted octanol–water partition coefficient (Wildman–Crippen LogP) is 9.05. The van der Waals surface area contributed by atoms with E-state index in [1.165, 1.54) is 116 Å². The Kier molecular flexibility index (Phi) is 21.7. The zero-order valence-corrected chi connectivity index (χ0v) is 25.2. The van der Waals surface area contributed by atoms with E-state index >= 15 is 0 Å². The second-order valence-corrected chi connectivity index (χ2v) is 11.9. The Morgan fingerprint density at radius 2 is 1.35 bits per heavy atom. The lowest BCUT2D eigenvalue weighted by Crippen LogP contribution is -2.39. The first kappa shape index (κ1) is 32.7. The van der Waals surface area contributed by atoms with E-state index in [2.05, 4.69) is 28.6 Å². The fourth-order valence-electron chi connectivity index (χ4n) is 5.31. The van der Waals surface area contributed by atoms with Gasteiger partial charge in [0.2, 0.25) is 5.51 Å². The molecule has 2 atom stereocenters. The van der Waals surface area contributed by atoms with Crippen LogP contribution < -0.4 is 4.57 Å². The molecule has 37 heavy (non-hydrogen) atoms. The van der Waals surface area contributed by atoms with Crippen LogP contribution in [-0.4, -0.2) is 38.6 Å². The van der Waals surface area contributed by atoms with Crippen molar-refractivity contribution in [2.75, 3.05) is 26.4 Å². The van der Waals surface area contributed by atoms with Gasteiger partial charge in [0, 0.05) is 26.2 Å². The van der Waals surface area contributed by atoms with Crippen LogP contribution in [0.2, 0.25) is 0 Å². The van der Waals surface area contributed by atoms with Crippen LogP contribution in [-0.2, 0) is 20.8 Å². The van der Waals surface area contributed by atoms with E-state index < -0.39 is 0 Å². The Morgan fingerprint density at radius 3 is 1.97 bits per heavy atom. The third-order valence-corrected chi connectivity index (χ3v) is 8.40. The van der Waals surface area contributed by atoms with E-state index in [-0.39, 0.29) is 12.2 Å². The molecule has 1 saturated heterocycles. The molecule has 2 rings (SSSR count). The molecule has 0 N–H and O–H groups in total. The van der Waals surface area contributed by atoms with Crippen molar-refractivity contribution in [1.82, 2.24) is 0 Å². The quantitative estimate of drug-likeness (QED) is 0.0871. The minimum Gasteiger partial charge on any atom is -0.379 e. The fourth-order valence-corrected chi connectivity index (χ4v) is 5.94. The SMILES string of the molecule is CCCCCCCCCCCCCCCCO[C@H]1CCCO[C@H]1COCCCCCCC[n+]1ccsc1. The lowest BCUT2D eigenvalue weighted by atomic mass is 10.0. The minimum atomic E-state index is 0.128. The van der Waals surface area contributed by atoms with Crippen molar-refractivity contribution in [2.45, 2.75) is 161 Å². The van der Waals surface area contributed by atoms with Crippen molar-refractivity contribution in [3.63, 3.8) is 0 Å². The molecule has 0 unspecified atom stereocenters. The average molecular weight is 539 g/mol. The normalized spacial score (nSPS) is 18.0. The molecule has 1 fully saturated rings. The smallest absolute Gasteiger partial charge is 0.224 e. The summed E-state index contributed by atoms with van der Waals surface area (Å²) in [6, 6.07) is 0. The largest absolute Gasteiger partial charge is 0.379 e. The Hall–Kier alpha value is -0.490. The van der Waals surface area contributed by atoms with Crippen molar-refractivity contribution in [3.05, 3.63) is 17.1 Å². The third kappa shape index (κ3) is 18.4. The Balaban J connectivity index is 1.33. The summed E-state index contributed by atoms with van der Waals surface area (Å²) in [6.45, 7) is 6.73. The van der Waals surface area contributed by atoms with Crippen molar-refractivity contribution < 1.29 is 18.8 Å². The van der Waals surface area contributed by atoms with Crippen LogP contribution >= 0.6 is 11.3 Å². The summed E-state index contributed by atoms with van der Waals surface area (Å²) in [5.41, 5.74) is 2.19. The molecule has 1 aliphatic heterocycles. The highest BCUT2D eigenvalue weighted by Crippen LogP contribution is 2.19. The van der Waals surface area contributed by atoms with Gasteiger partial charge in [-0.05, 0) is 32.1 Å². The lowest BCUT2D eigenvalue weighted by Gasteiger charge is -2.31. The summed E-state index contributed by atoms with van der Waals surface area (Å²) in [7, 11) is 0. The van der Waals surface area contributed by atoms with Crippen molar-refractivity contribution in [3.8, 4) is 0 Å². The molecule has 0 saturated carbocycles. The Morgan fingerprint density at radius 1 is 0.757 bits per heavy atom. The first-order valence-electron chi connectivity index (χ1n) is 16.1. The summed E-state index contributed by atoms with van der Waals surface area (Å²) in [5.74, 6) is 0. The number of aryl methyl sites for hydroxylation is 1. The zero-order valence-electron chi connectivity index (χ0n) is 24.4. The van der Waals surface area contributed by atoms with Crippen LogP contribution in [0.4, 0.5) is 0 Å². The van der Waals surface area contributed by atoms with Crippen LogP contribution in [0.25, 0.3) is 0 Å². The fraction of sp³-hybridized carbons (Fsp3) is 0.906. The molecular formula is C32H60NO3S+. The highest BCUT2D eigenvalue weighted by molar-refractivity contribution is 7.07. The van der Waals surface area contributed by atoms with Gasteiger partial charge >= 0.3 is 0 Å². The van der Waals surface area contributed by atoms with Gasteiger partial charge in [-0.3, -0.25) is 0 Å². The summed E-state index contributed by atoms with van der Waals surface area (Å²) in [5, 5.41) is 2.14. The second kappa shape index (κ2) is 24.5. The molecule has 216 valence electrons. The van der Waals surface area contributed by atoms with Crippen molar-refractivity contribution >= 4 is 11.3 Å². The number of nitrogens with zero attached hydrogens (tertiary/aromatic N) is 1. The average Bonchev–Trinajstić information content (AvgIpc) is 3.44. The molecule has 1 aromatic rings. The molecule has 0 aliphatic carbocycles. The van der Waals surface area contributed by atoms with Gasteiger partial charge in [0.1, 0.15) is 12.6 Å². The molecule has 2 heterocycles.